The fourth-order valence-corrected chi connectivity index (χ4v) is 3.21. The van der Waals surface area contributed by atoms with Crippen LogP contribution in [0.5, 0.6) is 0 Å². The molecule has 0 spiro atoms. The molecule has 0 radical (unpaired) electrons. The van der Waals surface area contributed by atoms with Crippen molar-refractivity contribution in [2.45, 2.75) is 32.2 Å². The van der Waals surface area contributed by atoms with Crippen molar-refractivity contribution in [2.75, 3.05) is 13.2 Å². The quantitative estimate of drug-likeness (QED) is 0.797. The predicted octanol–water partition coefficient (Wildman–Crippen LogP) is 3.53. The lowest BCUT2D eigenvalue weighted by Crippen LogP contribution is -2.36. The topological polar surface area (TPSA) is 29.9 Å². The van der Waals surface area contributed by atoms with E-state index in [1.54, 1.807) is 0 Å². The summed E-state index contributed by atoms with van der Waals surface area (Å²) in [5.74, 6) is 0. The molecule has 1 fully saturated rings. The maximum Gasteiger partial charge on any atom is 0.178 e. The number of benzene rings is 1. The van der Waals surface area contributed by atoms with Crippen molar-refractivity contribution >= 4 is 23.3 Å². The van der Waals surface area contributed by atoms with Crippen molar-refractivity contribution in [3.63, 3.8) is 0 Å². The molecule has 1 N–H and O–H groups in total. The van der Waals surface area contributed by atoms with E-state index in [1.165, 1.54) is 11.1 Å². The molecular formula is C14H18N2OS. The normalized spacial score (nSPS) is 19.2. The first kappa shape index (κ1) is 11.9. The minimum Gasteiger partial charge on any atom is -0.381 e. The summed E-state index contributed by atoms with van der Waals surface area (Å²) in [4.78, 5) is 3.31. The Morgan fingerprint density at radius 3 is 2.78 bits per heavy atom. The molecule has 0 amide bonds. The van der Waals surface area contributed by atoms with Crippen LogP contribution in [0.25, 0.3) is 11.0 Å². The maximum atomic E-state index is 5.52. The molecule has 0 saturated carbocycles. The fraction of sp³-hybridized carbons (Fsp3) is 0.500. The molecule has 4 heteroatoms. The van der Waals surface area contributed by atoms with E-state index in [1.807, 2.05) is 0 Å². The summed E-state index contributed by atoms with van der Waals surface area (Å²) in [6, 6.07) is 6.44. The number of rotatable bonds is 1. The second-order valence-corrected chi connectivity index (χ2v) is 5.78. The minimum absolute atomic E-state index is 0.0708. The van der Waals surface area contributed by atoms with E-state index in [0.717, 1.165) is 36.3 Å². The number of fused-ring (bicyclic) bond motifs is 1. The average molecular weight is 262 g/mol. The van der Waals surface area contributed by atoms with Crippen LogP contribution in [0.15, 0.2) is 18.2 Å². The zero-order valence-electron chi connectivity index (χ0n) is 10.8. The van der Waals surface area contributed by atoms with E-state index in [4.69, 9.17) is 17.0 Å². The third-order valence-electron chi connectivity index (χ3n) is 3.95. The lowest BCUT2D eigenvalue weighted by Gasteiger charge is -2.35. The summed E-state index contributed by atoms with van der Waals surface area (Å²) in [5, 5.41) is 0. The van der Waals surface area contributed by atoms with Gasteiger partial charge in [0.25, 0.3) is 0 Å². The van der Waals surface area contributed by atoms with Crippen LogP contribution in [0.4, 0.5) is 0 Å². The third kappa shape index (κ3) is 1.80. The van der Waals surface area contributed by atoms with Crippen LogP contribution in [0.1, 0.15) is 25.3 Å². The predicted molar refractivity (Wildman–Crippen MR) is 75.6 cm³/mol. The van der Waals surface area contributed by atoms with Gasteiger partial charge in [0.15, 0.2) is 4.77 Å². The largest absolute Gasteiger partial charge is 0.381 e. The molecule has 1 aliphatic rings. The summed E-state index contributed by atoms with van der Waals surface area (Å²) < 4.78 is 8.59. The van der Waals surface area contributed by atoms with E-state index in [9.17, 15) is 0 Å². The molecule has 2 aromatic rings. The van der Waals surface area contributed by atoms with Gasteiger partial charge in [-0.1, -0.05) is 6.07 Å². The Hall–Kier alpha value is -1.13. The van der Waals surface area contributed by atoms with Gasteiger partial charge in [0.05, 0.1) is 11.0 Å². The smallest absolute Gasteiger partial charge is 0.178 e. The van der Waals surface area contributed by atoms with Crippen molar-refractivity contribution in [3.05, 3.63) is 28.5 Å². The Labute approximate surface area is 112 Å². The number of nitrogens with zero attached hydrogens (tertiary/aromatic N) is 1. The van der Waals surface area contributed by atoms with Crippen molar-refractivity contribution < 1.29 is 4.74 Å². The van der Waals surface area contributed by atoms with E-state index in [0.29, 0.717) is 0 Å². The second kappa shape index (κ2) is 4.21. The molecule has 18 heavy (non-hydrogen) atoms. The average Bonchev–Trinajstić information content (AvgIpc) is 2.66. The summed E-state index contributed by atoms with van der Waals surface area (Å²) in [5.41, 5.74) is 3.67. The Bertz CT molecular complexity index is 635. The molecule has 1 aromatic carbocycles. The highest BCUT2D eigenvalue weighted by Gasteiger charge is 2.31. The first-order valence-corrected chi connectivity index (χ1v) is 6.81. The number of aromatic amines is 1. The monoisotopic (exact) mass is 262 g/mol. The number of nitrogens with one attached hydrogen (secondary N) is 1. The third-order valence-corrected chi connectivity index (χ3v) is 4.23. The molecule has 1 saturated heterocycles. The van der Waals surface area contributed by atoms with Gasteiger partial charge in [0.2, 0.25) is 0 Å². The molecule has 3 nitrogen and oxygen atoms in total. The minimum atomic E-state index is 0.0708. The molecule has 96 valence electrons. The standard InChI is InChI=1S/C14H18N2OS/c1-10-3-4-11-12(9-10)16(13(18)15-11)14(2)5-7-17-8-6-14/h3-4,9H,5-8H2,1-2H3,(H,15,18). The maximum absolute atomic E-state index is 5.52. The van der Waals surface area contributed by atoms with Crippen molar-refractivity contribution in [3.8, 4) is 0 Å². The zero-order chi connectivity index (χ0) is 12.8. The van der Waals surface area contributed by atoms with Gasteiger partial charge in [-0.05, 0) is 56.6 Å². The number of ether oxygens (including phenoxy) is 1. The fourth-order valence-electron chi connectivity index (χ4n) is 2.78. The van der Waals surface area contributed by atoms with Crippen LogP contribution in [0.2, 0.25) is 0 Å². The first-order valence-electron chi connectivity index (χ1n) is 6.40. The number of hydrogen-bond acceptors (Lipinski definition) is 2. The van der Waals surface area contributed by atoms with Gasteiger partial charge in [-0.3, -0.25) is 0 Å². The van der Waals surface area contributed by atoms with Gasteiger partial charge in [-0.2, -0.15) is 0 Å². The van der Waals surface area contributed by atoms with Crippen LogP contribution >= 0.6 is 12.2 Å². The van der Waals surface area contributed by atoms with Gasteiger partial charge < -0.3 is 14.3 Å². The van der Waals surface area contributed by atoms with Crippen LogP contribution in [0.3, 0.4) is 0 Å². The molecular weight excluding hydrogens is 244 g/mol. The Morgan fingerprint density at radius 1 is 1.33 bits per heavy atom. The van der Waals surface area contributed by atoms with E-state index >= 15 is 0 Å². The molecule has 1 aliphatic heterocycles. The van der Waals surface area contributed by atoms with E-state index < -0.39 is 0 Å². The summed E-state index contributed by atoms with van der Waals surface area (Å²) in [7, 11) is 0. The highest BCUT2D eigenvalue weighted by Crippen LogP contribution is 2.32. The highest BCUT2D eigenvalue weighted by atomic mass is 32.1. The van der Waals surface area contributed by atoms with Crippen LogP contribution in [-0.2, 0) is 10.3 Å². The van der Waals surface area contributed by atoms with E-state index in [-0.39, 0.29) is 5.54 Å². The number of H-pyrrole nitrogens is 1. The molecule has 0 atom stereocenters. The van der Waals surface area contributed by atoms with E-state index in [2.05, 4.69) is 41.6 Å². The lowest BCUT2D eigenvalue weighted by molar-refractivity contribution is 0.0306. The van der Waals surface area contributed by atoms with Crippen molar-refractivity contribution in [1.29, 1.82) is 0 Å². The molecule has 0 bridgehead atoms. The van der Waals surface area contributed by atoms with Gasteiger partial charge in [-0.25, -0.2) is 0 Å². The van der Waals surface area contributed by atoms with Gasteiger partial charge in [0.1, 0.15) is 0 Å². The number of imidazole rings is 1. The Kier molecular flexibility index (Phi) is 2.79. The molecule has 0 unspecified atom stereocenters. The van der Waals surface area contributed by atoms with Crippen LogP contribution < -0.4 is 0 Å². The summed E-state index contributed by atoms with van der Waals surface area (Å²) in [6.07, 6.45) is 2.03. The second-order valence-electron chi connectivity index (χ2n) is 5.40. The highest BCUT2D eigenvalue weighted by molar-refractivity contribution is 7.71. The van der Waals surface area contributed by atoms with Crippen LogP contribution in [-0.4, -0.2) is 22.8 Å². The Balaban J connectivity index is 2.24. The molecule has 1 aromatic heterocycles. The summed E-state index contributed by atoms with van der Waals surface area (Å²) >= 11 is 5.52. The van der Waals surface area contributed by atoms with Crippen LogP contribution in [0, 0.1) is 11.7 Å². The van der Waals surface area contributed by atoms with Crippen molar-refractivity contribution in [2.24, 2.45) is 0 Å². The van der Waals surface area contributed by atoms with Gasteiger partial charge in [-0.15, -0.1) is 0 Å². The lowest BCUT2D eigenvalue weighted by atomic mass is 9.92. The first-order chi connectivity index (χ1) is 8.60. The molecule has 2 heterocycles. The number of hydrogen-bond donors (Lipinski definition) is 1. The summed E-state index contributed by atoms with van der Waals surface area (Å²) in [6.45, 7) is 6.03. The van der Waals surface area contributed by atoms with Crippen molar-refractivity contribution in [1.82, 2.24) is 9.55 Å². The number of aryl methyl sites for hydroxylation is 1. The van der Waals surface area contributed by atoms with Gasteiger partial charge >= 0.3 is 0 Å². The molecule has 0 aliphatic carbocycles. The molecule has 3 rings (SSSR count). The zero-order valence-corrected chi connectivity index (χ0v) is 11.6. The SMILES string of the molecule is Cc1ccc2[nH]c(=S)n(C3(C)CCOCC3)c2c1. The Morgan fingerprint density at radius 2 is 2.06 bits per heavy atom. The number of aromatic nitrogens is 2. The van der Waals surface area contributed by atoms with Gasteiger partial charge in [0, 0.05) is 18.8 Å².